The van der Waals surface area contributed by atoms with Crippen LogP contribution in [0.3, 0.4) is 0 Å². The number of carbonyl (C=O) groups is 3. The third kappa shape index (κ3) is 7.44. The van der Waals surface area contributed by atoms with E-state index in [0.29, 0.717) is 5.52 Å². The molecule has 4 rings (SSSR count). The van der Waals surface area contributed by atoms with Crippen molar-refractivity contribution in [3.8, 4) is 5.75 Å². The molecule has 1 aromatic heterocycles. The summed E-state index contributed by atoms with van der Waals surface area (Å²) in [5, 5.41) is 15.1. The fourth-order valence-electron chi connectivity index (χ4n) is 5.89. The highest BCUT2D eigenvalue weighted by molar-refractivity contribution is 6.04. The minimum atomic E-state index is -1.06. The van der Waals surface area contributed by atoms with E-state index >= 15 is 0 Å². The molecule has 3 amide bonds. The molecule has 0 bridgehead atoms. The monoisotopic (exact) mass is 607 g/mol. The van der Waals surface area contributed by atoms with E-state index in [-0.39, 0.29) is 87.2 Å². The predicted octanol–water partition coefficient (Wildman–Crippen LogP) is 1.80. The van der Waals surface area contributed by atoms with Crippen molar-refractivity contribution in [3.05, 3.63) is 29.5 Å². The highest BCUT2D eigenvalue weighted by Gasteiger charge is 2.37. The molecule has 238 valence electrons. The second-order valence-corrected chi connectivity index (χ2v) is 11.2. The molecule has 0 spiro atoms. The number of aliphatic hydroxyl groups excluding tert-OH is 1. The lowest BCUT2D eigenvalue weighted by Crippen LogP contribution is -2.59. The van der Waals surface area contributed by atoms with Gasteiger partial charge in [0.25, 0.3) is 5.91 Å². The molecule has 43 heavy (non-hydrogen) atoms. The number of ether oxygens (including phenoxy) is 2. The second-order valence-electron chi connectivity index (χ2n) is 11.2. The number of hydrogen-bond acceptors (Lipinski definition) is 7. The Balaban J connectivity index is 1.50. The van der Waals surface area contributed by atoms with Gasteiger partial charge in [0.2, 0.25) is 11.8 Å². The maximum absolute atomic E-state index is 14.2. The first-order chi connectivity index (χ1) is 20.7. The molecule has 1 aliphatic carbocycles. The van der Waals surface area contributed by atoms with Crippen LogP contribution >= 0.6 is 0 Å². The van der Waals surface area contributed by atoms with Crippen LogP contribution in [0.5, 0.6) is 5.75 Å². The summed E-state index contributed by atoms with van der Waals surface area (Å²) in [6.45, 7) is 2.92. The zero-order chi connectivity index (χ0) is 31.1. The van der Waals surface area contributed by atoms with Gasteiger partial charge in [-0.05, 0) is 38.8 Å². The van der Waals surface area contributed by atoms with E-state index in [4.69, 9.17) is 14.6 Å². The number of aliphatic hydroxyl groups is 1. The number of aryl methyl sites for hydroxylation is 1. The van der Waals surface area contributed by atoms with Crippen LogP contribution in [0, 0.1) is 17.6 Å². The molecular weight excluding hydrogens is 564 g/mol. The zero-order valence-corrected chi connectivity index (χ0v) is 25.2. The van der Waals surface area contributed by atoms with E-state index in [1.165, 1.54) is 4.57 Å². The lowest BCUT2D eigenvalue weighted by atomic mass is 9.83. The average molecular weight is 608 g/mol. The number of halogens is 2. The number of piperazine rings is 1. The number of amides is 3. The summed E-state index contributed by atoms with van der Waals surface area (Å²) in [6.07, 6.45) is 4.90. The number of likely N-dealkylation sites (N-methyl/N-ethyl adjacent to an activating group) is 1. The Morgan fingerprint density at radius 1 is 1.00 bits per heavy atom. The fourth-order valence-corrected chi connectivity index (χ4v) is 5.89. The molecule has 11 nitrogen and oxygen atoms in total. The largest absolute Gasteiger partial charge is 0.488 e. The van der Waals surface area contributed by atoms with Gasteiger partial charge < -0.3 is 39.6 Å². The number of hydrogen-bond donors (Lipinski definition) is 3. The van der Waals surface area contributed by atoms with Gasteiger partial charge in [-0.25, -0.2) is 8.78 Å². The van der Waals surface area contributed by atoms with Gasteiger partial charge in [0, 0.05) is 44.7 Å². The quantitative estimate of drug-likeness (QED) is 0.315. The lowest BCUT2D eigenvalue weighted by molar-refractivity contribution is -0.140. The van der Waals surface area contributed by atoms with Gasteiger partial charge in [-0.1, -0.05) is 19.3 Å². The molecule has 1 aliphatic heterocycles. The highest BCUT2D eigenvalue weighted by Crippen LogP contribution is 2.35. The van der Waals surface area contributed by atoms with Gasteiger partial charge in [0.1, 0.15) is 12.6 Å². The highest BCUT2D eigenvalue weighted by atomic mass is 19.2. The van der Waals surface area contributed by atoms with Crippen LogP contribution in [0.15, 0.2) is 12.1 Å². The Hall–Kier alpha value is -3.29. The minimum absolute atomic E-state index is 0.0289. The number of aromatic nitrogens is 1. The molecule has 0 radical (unpaired) electrons. The van der Waals surface area contributed by atoms with E-state index < -0.39 is 29.6 Å². The van der Waals surface area contributed by atoms with E-state index in [9.17, 15) is 23.2 Å². The Morgan fingerprint density at radius 2 is 1.65 bits per heavy atom. The molecule has 1 saturated heterocycles. The van der Waals surface area contributed by atoms with Gasteiger partial charge in [0.15, 0.2) is 23.1 Å². The number of nitrogens with zero attached hydrogens (tertiary/aromatic N) is 3. The molecule has 1 aromatic carbocycles. The van der Waals surface area contributed by atoms with Gasteiger partial charge in [-0.2, -0.15) is 0 Å². The number of carbonyl (C=O) groups excluding carboxylic acids is 3. The third-order valence-electron chi connectivity index (χ3n) is 8.50. The first-order valence-corrected chi connectivity index (χ1v) is 15.0. The SMILES string of the molecule is CNC(C)C(=O)N[C@H](C(=O)N1CCN(C(=O)c2c(OCCOCCO)c3cc(F)c(F)cc3n2C)CC1)C1CCCCC1. The number of benzene rings is 1. The normalized spacial score (nSPS) is 17.6. The van der Waals surface area contributed by atoms with Crippen LogP contribution in [-0.4, -0.2) is 109 Å². The van der Waals surface area contributed by atoms with E-state index in [1.807, 2.05) is 0 Å². The van der Waals surface area contributed by atoms with Crippen LogP contribution in [0.4, 0.5) is 8.78 Å². The maximum Gasteiger partial charge on any atom is 0.274 e. The van der Waals surface area contributed by atoms with Crippen molar-refractivity contribution in [2.45, 2.75) is 51.1 Å². The molecule has 2 atom stereocenters. The smallest absolute Gasteiger partial charge is 0.274 e. The minimum Gasteiger partial charge on any atom is -0.488 e. The van der Waals surface area contributed by atoms with Crippen molar-refractivity contribution in [2.75, 3.05) is 59.7 Å². The molecule has 2 fully saturated rings. The zero-order valence-electron chi connectivity index (χ0n) is 25.2. The summed E-state index contributed by atoms with van der Waals surface area (Å²) in [5.74, 6) is -2.68. The molecular formula is C30H43F2N5O6. The topological polar surface area (TPSA) is 125 Å². The van der Waals surface area contributed by atoms with Crippen molar-refractivity contribution in [1.82, 2.24) is 25.0 Å². The predicted molar refractivity (Wildman–Crippen MR) is 156 cm³/mol. The summed E-state index contributed by atoms with van der Waals surface area (Å²) in [7, 11) is 3.29. The summed E-state index contributed by atoms with van der Waals surface area (Å²) in [4.78, 5) is 43.6. The lowest BCUT2D eigenvalue weighted by Gasteiger charge is -2.39. The van der Waals surface area contributed by atoms with Crippen LogP contribution in [0.2, 0.25) is 0 Å². The van der Waals surface area contributed by atoms with E-state index in [0.717, 1.165) is 44.2 Å². The number of nitrogens with one attached hydrogen (secondary N) is 2. The average Bonchev–Trinajstić information content (AvgIpc) is 3.28. The first kappa shape index (κ1) is 32.6. The molecule has 13 heteroatoms. The number of fused-ring (bicyclic) bond motifs is 1. The van der Waals surface area contributed by atoms with Gasteiger partial charge in [0.05, 0.1) is 31.4 Å². The van der Waals surface area contributed by atoms with Crippen molar-refractivity contribution in [3.63, 3.8) is 0 Å². The Labute approximate surface area is 250 Å². The Kier molecular flexibility index (Phi) is 11.3. The number of rotatable bonds is 12. The molecule has 2 aliphatic rings. The summed E-state index contributed by atoms with van der Waals surface area (Å²) >= 11 is 0. The summed E-state index contributed by atoms with van der Waals surface area (Å²) < 4.78 is 41.0. The van der Waals surface area contributed by atoms with Crippen LogP contribution < -0.4 is 15.4 Å². The second kappa shape index (κ2) is 14.9. The Morgan fingerprint density at radius 3 is 2.30 bits per heavy atom. The van der Waals surface area contributed by atoms with Crippen molar-refractivity contribution in [2.24, 2.45) is 13.0 Å². The van der Waals surface area contributed by atoms with Gasteiger partial charge in [-0.3, -0.25) is 14.4 Å². The first-order valence-electron chi connectivity index (χ1n) is 15.0. The maximum atomic E-state index is 14.2. The Bertz CT molecular complexity index is 1290. The summed E-state index contributed by atoms with van der Waals surface area (Å²) in [6, 6.07) is 0.980. The van der Waals surface area contributed by atoms with Crippen molar-refractivity contribution < 1.29 is 37.7 Å². The molecule has 2 aromatic rings. The van der Waals surface area contributed by atoms with Gasteiger partial charge >= 0.3 is 0 Å². The van der Waals surface area contributed by atoms with Crippen LogP contribution in [-0.2, 0) is 21.4 Å². The third-order valence-corrected chi connectivity index (χ3v) is 8.50. The van der Waals surface area contributed by atoms with E-state index in [2.05, 4.69) is 10.6 Å². The van der Waals surface area contributed by atoms with Gasteiger partial charge in [-0.15, -0.1) is 0 Å². The van der Waals surface area contributed by atoms with Crippen LogP contribution in [0.1, 0.15) is 49.5 Å². The standard InChI is InChI=1S/C30H43F2N5O6/c1-19(33-2)28(39)34-25(20-7-5-4-6-8-20)29(40)36-9-11-37(12-10-36)30(41)26-27(43-16-15-42-14-13-38)21-17-22(31)23(32)18-24(21)35(26)3/h17-20,25,33,38H,4-16H2,1-3H3,(H,34,39)/t19?,25-/m0/s1. The molecule has 1 saturated carbocycles. The molecule has 3 N–H and O–H groups in total. The molecule has 1 unspecified atom stereocenters. The van der Waals surface area contributed by atoms with E-state index in [1.54, 1.807) is 30.8 Å². The molecule has 2 heterocycles. The van der Waals surface area contributed by atoms with Crippen LogP contribution in [0.25, 0.3) is 10.9 Å². The fraction of sp³-hybridized carbons (Fsp3) is 0.633. The van der Waals surface area contributed by atoms with Crippen molar-refractivity contribution in [1.29, 1.82) is 0 Å². The summed E-state index contributed by atoms with van der Waals surface area (Å²) in [5.41, 5.74) is 0.430. The van der Waals surface area contributed by atoms with Crippen molar-refractivity contribution >= 4 is 28.6 Å².